The predicted molar refractivity (Wildman–Crippen MR) is 115 cm³/mol. The van der Waals surface area contributed by atoms with E-state index in [1.54, 1.807) is 17.4 Å². The molecule has 29 heavy (non-hydrogen) atoms. The number of benzene rings is 1. The fourth-order valence-corrected chi connectivity index (χ4v) is 6.71. The molecule has 0 bridgehead atoms. The number of hydrogen-bond donors (Lipinski definition) is 3. The van der Waals surface area contributed by atoms with E-state index in [0.29, 0.717) is 22.0 Å². The summed E-state index contributed by atoms with van der Waals surface area (Å²) in [5.74, 6) is 0.665. The van der Waals surface area contributed by atoms with Crippen LogP contribution < -0.4 is 10.6 Å². The lowest BCUT2D eigenvalue weighted by molar-refractivity contribution is 0.595. The van der Waals surface area contributed by atoms with Crippen LogP contribution in [0.5, 0.6) is 0 Å². The summed E-state index contributed by atoms with van der Waals surface area (Å²) in [7, 11) is -3.38. The Balaban J connectivity index is 1.57. The molecule has 0 atom stereocenters. The van der Waals surface area contributed by atoms with Crippen LogP contribution in [0.25, 0.3) is 10.6 Å². The molecule has 0 saturated heterocycles. The minimum absolute atomic E-state index is 0.272. The van der Waals surface area contributed by atoms with Crippen molar-refractivity contribution >= 4 is 32.7 Å². The van der Waals surface area contributed by atoms with Crippen LogP contribution in [0.4, 0.5) is 11.5 Å². The Morgan fingerprint density at radius 1 is 1.17 bits per heavy atom. The molecule has 0 unspecified atom stereocenters. The van der Waals surface area contributed by atoms with Crippen molar-refractivity contribution in [3.63, 3.8) is 0 Å². The molecule has 1 fully saturated rings. The molecule has 0 spiro atoms. The number of nitrogens with zero attached hydrogens (tertiary/aromatic N) is 2. The Kier molecular flexibility index (Phi) is 4.68. The van der Waals surface area contributed by atoms with E-state index in [1.165, 1.54) is 4.88 Å². The second-order valence-electron chi connectivity index (χ2n) is 7.66. The van der Waals surface area contributed by atoms with Crippen molar-refractivity contribution in [2.75, 3.05) is 18.4 Å². The van der Waals surface area contributed by atoms with Gasteiger partial charge in [-0.1, -0.05) is 0 Å². The Bertz CT molecular complexity index is 1140. The van der Waals surface area contributed by atoms with Gasteiger partial charge in [0.05, 0.1) is 15.8 Å². The van der Waals surface area contributed by atoms with Crippen molar-refractivity contribution in [1.82, 2.24) is 20.5 Å². The van der Waals surface area contributed by atoms with Crippen LogP contribution in [0.1, 0.15) is 29.1 Å². The van der Waals surface area contributed by atoms with Gasteiger partial charge in [0.15, 0.2) is 15.7 Å². The molecule has 2 aromatic heterocycles. The molecule has 1 aliphatic heterocycles. The summed E-state index contributed by atoms with van der Waals surface area (Å²) in [4.78, 5) is 6.46. The Morgan fingerprint density at radius 2 is 2.00 bits per heavy atom. The summed E-state index contributed by atoms with van der Waals surface area (Å²) in [6, 6.07) is 7.41. The minimum Gasteiger partial charge on any atom is -0.339 e. The van der Waals surface area contributed by atoms with Gasteiger partial charge in [0.25, 0.3) is 0 Å². The first-order valence-electron chi connectivity index (χ1n) is 9.87. The largest absolute Gasteiger partial charge is 0.339 e. The fraction of sp³-hybridized carbons (Fsp3) is 0.400. The molecule has 3 N–H and O–H groups in total. The fourth-order valence-electron chi connectivity index (χ4n) is 3.62. The second kappa shape index (κ2) is 7.23. The van der Waals surface area contributed by atoms with Gasteiger partial charge in [0, 0.05) is 47.4 Å². The van der Waals surface area contributed by atoms with E-state index >= 15 is 0 Å². The smallest absolute Gasteiger partial charge is 0.182 e. The molecule has 2 aliphatic rings. The summed E-state index contributed by atoms with van der Waals surface area (Å²) in [6.07, 6.45) is 3.29. The van der Waals surface area contributed by atoms with Crippen molar-refractivity contribution in [3.8, 4) is 10.6 Å². The van der Waals surface area contributed by atoms with E-state index in [4.69, 9.17) is 4.98 Å². The summed E-state index contributed by atoms with van der Waals surface area (Å²) in [6.45, 7) is 3.77. The predicted octanol–water partition coefficient (Wildman–Crippen LogP) is 3.21. The number of aryl methyl sites for hydroxylation is 1. The van der Waals surface area contributed by atoms with Gasteiger partial charge in [0.1, 0.15) is 5.01 Å². The maximum atomic E-state index is 13.2. The van der Waals surface area contributed by atoms with E-state index in [-0.39, 0.29) is 5.25 Å². The first kappa shape index (κ1) is 18.8. The van der Waals surface area contributed by atoms with Gasteiger partial charge in [-0.2, -0.15) is 5.10 Å². The number of nitrogens with one attached hydrogen (secondary N) is 3. The van der Waals surface area contributed by atoms with Crippen LogP contribution in [-0.2, 0) is 22.7 Å². The molecule has 0 radical (unpaired) electrons. The van der Waals surface area contributed by atoms with Crippen LogP contribution in [0, 0.1) is 6.92 Å². The number of anilines is 2. The average Bonchev–Trinajstić information content (AvgIpc) is 3.44. The normalized spacial score (nSPS) is 17.0. The summed E-state index contributed by atoms with van der Waals surface area (Å²) in [5.41, 5.74) is 3.46. The number of fused-ring (bicyclic) bond motifs is 1. The number of sulfone groups is 1. The highest BCUT2D eigenvalue weighted by Gasteiger charge is 2.39. The minimum atomic E-state index is -3.38. The second-order valence-corrected chi connectivity index (χ2v) is 10.9. The van der Waals surface area contributed by atoms with E-state index in [9.17, 15) is 8.42 Å². The molecular weight excluding hydrogens is 406 g/mol. The highest BCUT2D eigenvalue weighted by molar-refractivity contribution is 7.92. The summed E-state index contributed by atoms with van der Waals surface area (Å²) < 4.78 is 26.4. The van der Waals surface area contributed by atoms with Gasteiger partial charge in [-0.15, -0.1) is 11.3 Å². The molecular formula is C20H23N5O2S2. The Morgan fingerprint density at radius 3 is 2.76 bits per heavy atom. The zero-order valence-electron chi connectivity index (χ0n) is 16.2. The molecule has 9 heteroatoms. The number of H-pyrrole nitrogens is 1. The van der Waals surface area contributed by atoms with Gasteiger partial charge >= 0.3 is 0 Å². The monoisotopic (exact) mass is 429 g/mol. The van der Waals surface area contributed by atoms with Crippen LogP contribution in [0.3, 0.4) is 0 Å². The number of rotatable bonds is 5. The molecule has 5 rings (SSSR count). The highest BCUT2D eigenvalue weighted by atomic mass is 32.2. The van der Waals surface area contributed by atoms with Gasteiger partial charge in [-0.25, -0.2) is 13.4 Å². The number of aromatic amines is 1. The lowest BCUT2D eigenvalue weighted by Gasteiger charge is -2.11. The first-order chi connectivity index (χ1) is 14.0. The zero-order chi connectivity index (χ0) is 20.0. The highest BCUT2D eigenvalue weighted by Crippen LogP contribution is 2.41. The van der Waals surface area contributed by atoms with Gasteiger partial charge in [-0.3, -0.25) is 5.10 Å². The van der Waals surface area contributed by atoms with Gasteiger partial charge in [-0.05, 0) is 44.4 Å². The van der Waals surface area contributed by atoms with Crippen molar-refractivity contribution in [1.29, 1.82) is 0 Å². The van der Waals surface area contributed by atoms with Crippen molar-refractivity contribution in [2.45, 2.75) is 42.8 Å². The molecule has 3 heterocycles. The Labute approximate surface area is 173 Å². The van der Waals surface area contributed by atoms with Crippen LogP contribution in [-0.4, -0.2) is 41.9 Å². The Hall–Kier alpha value is -2.23. The quantitative estimate of drug-likeness (QED) is 0.576. The first-order valence-corrected chi connectivity index (χ1v) is 12.2. The molecule has 0 amide bonds. The third-order valence-corrected chi connectivity index (χ3v) is 8.80. The van der Waals surface area contributed by atoms with E-state index in [1.807, 2.05) is 25.1 Å². The maximum Gasteiger partial charge on any atom is 0.182 e. The molecule has 3 aromatic rings. The third-order valence-electron chi connectivity index (χ3n) is 5.31. The van der Waals surface area contributed by atoms with E-state index in [2.05, 4.69) is 20.8 Å². The van der Waals surface area contributed by atoms with Crippen molar-refractivity contribution < 1.29 is 8.42 Å². The standard InChI is InChI=1S/C20H23N5O2S2/c1-12-10-19(25-24-12)22-13-2-5-15(18(11-13)29(26,27)14-3-4-14)20-23-16-6-8-21-9-7-17(16)28-20/h2,5,10-11,14,21H,3-4,6-9H2,1H3,(H2,22,24,25). The van der Waals surface area contributed by atoms with Crippen molar-refractivity contribution in [2.24, 2.45) is 0 Å². The summed E-state index contributed by atoms with van der Waals surface area (Å²) >= 11 is 1.62. The summed E-state index contributed by atoms with van der Waals surface area (Å²) in [5, 5.41) is 14.2. The zero-order valence-corrected chi connectivity index (χ0v) is 17.8. The number of hydrogen-bond acceptors (Lipinski definition) is 7. The van der Waals surface area contributed by atoms with Crippen LogP contribution in [0.15, 0.2) is 29.2 Å². The van der Waals surface area contributed by atoms with E-state index in [0.717, 1.165) is 55.2 Å². The van der Waals surface area contributed by atoms with Crippen LogP contribution in [0.2, 0.25) is 0 Å². The molecule has 1 aromatic carbocycles. The van der Waals surface area contributed by atoms with Gasteiger partial charge in [0.2, 0.25) is 0 Å². The third kappa shape index (κ3) is 3.70. The SMILES string of the molecule is Cc1cc(Nc2ccc(-c3nc4c(s3)CCNCC4)c(S(=O)(=O)C3CC3)c2)n[nH]1. The van der Waals surface area contributed by atoms with Crippen molar-refractivity contribution in [3.05, 3.63) is 40.5 Å². The number of aromatic nitrogens is 3. The molecule has 7 nitrogen and oxygen atoms in total. The molecule has 1 aliphatic carbocycles. The van der Waals surface area contributed by atoms with Gasteiger partial charge < -0.3 is 10.6 Å². The topological polar surface area (TPSA) is 99.8 Å². The van der Waals surface area contributed by atoms with E-state index < -0.39 is 9.84 Å². The molecule has 152 valence electrons. The lowest BCUT2D eigenvalue weighted by Crippen LogP contribution is -2.16. The molecule has 1 saturated carbocycles. The lowest BCUT2D eigenvalue weighted by atomic mass is 10.2. The number of thiazole rings is 1. The van der Waals surface area contributed by atoms with Crippen LogP contribution >= 0.6 is 11.3 Å². The average molecular weight is 430 g/mol. The maximum absolute atomic E-state index is 13.2.